The number of aliphatic hydroxyl groups excluding tert-OH is 2. The Bertz CT molecular complexity index is 211. The van der Waals surface area contributed by atoms with Crippen LogP contribution in [0.25, 0.3) is 0 Å². The van der Waals surface area contributed by atoms with E-state index in [9.17, 15) is 0 Å². The first-order valence-electron chi connectivity index (χ1n) is 2.77. The summed E-state index contributed by atoms with van der Waals surface area (Å²) in [6.07, 6.45) is -0.726. The van der Waals surface area contributed by atoms with Gasteiger partial charge in [-0.1, -0.05) is 0 Å². The molecule has 1 aromatic rings. The number of rotatable bonds is 2. The van der Waals surface area contributed by atoms with E-state index in [0.29, 0.717) is 0 Å². The molecule has 4 heteroatoms. The highest BCUT2D eigenvalue weighted by atomic mass is 79.9. The minimum atomic E-state index is -0.726. The highest BCUT2D eigenvalue weighted by molar-refractivity contribution is 9.10. The lowest BCUT2D eigenvalue weighted by atomic mass is 10.3. The highest BCUT2D eigenvalue weighted by Crippen LogP contribution is 2.24. The van der Waals surface area contributed by atoms with Gasteiger partial charge in [0.15, 0.2) is 0 Å². The van der Waals surface area contributed by atoms with E-state index in [1.165, 1.54) is 11.3 Å². The summed E-state index contributed by atoms with van der Waals surface area (Å²) in [7, 11) is 0. The van der Waals surface area contributed by atoms with Gasteiger partial charge in [0, 0.05) is 14.7 Å². The molecule has 1 rings (SSSR count). The lowest BCUT2D eigenvalue weighted by Crippen LogP contribution is -1.98. The van der Waals surface area contributed by atoms with Crippen LogP contribution in [0.4, 0.5) is 0 Å². The molecular formula is C6H7BrO2S. The highest BCUT2D eigenvalue weighted by Gasteiger charge is 2.06. The Kier molecular flexibility index (Phi) is 2.85. The van der Waals surface area contributed by atoms with E-state index in [-0.39, 0.29) is 6.61 Å². The summed E-state index contributed by atoms with van der Waals surface area (Å²) in [6.45, 7) is -0.215. The molecule has 0 radical (unpaired) electrons. The maximum absolute atomic E-state index is 9.08. The van der Waals surface area contributed by atoms with Crippen LogP contribution in [0.3, 0.4) is 0 Å². The monoisotopic (exact) mass is 222 g/mol. The quantitative estimate of drug-likeness (QED) is 0.798. The van der Waals surface area contributed by atoms with Crippen molar-refractivity contribution in [2.45, 2.75) is 6.10 Å². The summed E-state index contributed by atoms with van der Waals surface area (Å²) in [5, 5.41) is 19.5. The number of hydrogen-bond acceptors (Lipinski definition) is 3. The zero-order valence-corrected chi connectivity index (χ0v) is 7.52. The predicted octanol–water partition coefficient (Wildman–Crippen LogP) is 1.54. The smallest absolute Gasteiger partial charge is 0.111 e. The van der Waals surface area contributed by atoms with Crippen LogP contribution in [0, 0.1) is 0 Å². The van der Waals surface area contributed by atoms with Crippen molar-refractivity contribution in [3.63, 3.8) is 0 Å². The van der Waals surface area contributed by atoms with Crippen LogP contribution in [-0.4, -0.2) is 16.8 Å². The maximum atomic E-state index is 9.08. The van der Waals surface area contributed by atoms with Gasteiger partial charge in [-0.2, -0.15) is 0 Å². The normalized spacial score (nSPS) is 13.5. The van der Waals surface area contributed by atoms with Crippen LogP contribution >= 0.6 is 27.3 Å². The first-order chi connectivity index (χ1) is 4.74. The molecule has 2 N–H and O–H groups in total. The molecule has 0 aromatic carbocycles. The SMILES string of the molecule is OCC(O)c1cc(Br)cs1. The maximum Gasteiger partial charge on any atom is 0.111 e. The van der Waals surface area contributed by atoms with Crippen molar-refractivity contribution >= 4 is 27.3 Å². The molecule has 0 fully saturated rings. The van der Waals surface area contributed by atoms with Gasteiger partial charge < -0.3 is 10.2 Å². The Morgan fingerprint density at radius 2 is 2.40 bits per heavy atom. The molecule has 0 aliphatic carbocycles. The van der Waals surface area contributed by atoms with Gasteiger partial charge in [0.05, 0.1) is 6.61 Å². The number of hydrogen-bond donors (Lipinski definition) is 2. The number of thiophene rings is 1. The lowest BCUT2D eigenvalue weighted by molar-refractivity contribution is 0.0983. The fourth-order valence-electron chi connectivity index (χ4n) is 0.593. The second-order valence-corrected chi connectivity index (χ2v) is 3.72. The summed E-state index contributed by atoms with van der Waals surface area (Å²) in [5.41, 5.74) is 0. The van der Waals surface area contributed by atoms with Crippen LogP contribution < -0.4 is 0 Å². The molecule has 1 heterocycles. The first-order valence-corrected chi connectivity index (χ1v) is 4.44. The molecule has 0 aliphatic heterocycles. The van der Waals surface area contributed by atoms with E-state index in [0.717, 1.165) is 9.35 Å². The summed E-state index contributed by atoms with van der Waals surface area (Å²) in [4.78, 5) is 0.786. The molecule has 0 saturated carbocycles. The zero-order valence-electron chi connectivity index (χ0n) is 5.12. The Balaban J connectivity index is 2.74. The fourth-order valence-corrected chi connectivity index (χ4v) is 2.01. The van der Waals surface area contributed by atoms with Crippen molar-refractivity contribution in [2.75, 3.05) is 6.61 Å². The third-order valence-corrected chi connectivity index (χ3v) is 2.88. The van der Waals surface area contributed by atoms with Crippen molar-refractivity contribution < 1.29 is 10.2 Å². The van der Waals surface area contributed by atoms with Gasteiger partial charge in [0.25, 0.3) is 0 Å². The molecule has 0 bridgehead atoms. The molecule has 1 atom stereocenters. The second-order valence-electron chi connectivity index (χ2n) is 1.87. The third-order valence-electron chi connectivity index (χ3n) is 1.09. The standard InChI is InChI=1S/C6H7BrO2S/c7-4-1-6(10-3-4)5(9)2-8/h1,3,5,8-9H,2H2. The summed E-state index contributed by atoms with van der Waals surface area (Å²) in [5.74, 6) is 0. The molecule has 10 heavy (non-hydrogen) atoms. The van der Waals surface area contributed by atoms with Gasteiger partial charge in [-0.05, 0) is 22.0 Å². The summed E-state index contributed by atoms with van der Waals surface area (Å²) in [6, 6.07) is 1.80. The molecule has 0 saturated heterocycles. The Morgan fingerprint density at radius 1 is 1.70 bits per heavy atom. The largest absolute Gasteiger partial charge is 0.393 e. The topological polar surface area (TPSA) is 40.5 Å². The number of halogens is 1. The molecule has 0 spiro atoms. The van der Waals surface area contributed by atoms with E-state index >= 15 is 0 Å². The van der Waals surface area contributed by atoms with Crippen molar-refractivity contribution in [1.29, 1.82) is 0 Å². The van der Waals surface area contributed by atoms with Gasteiger partial charge in [0.1, 0.15) is 6.10 Å². The van der Waals surface area contributed by atoms with Crippen molar-refractivity contribution in [3.05, 3.63) is 20.8 Å². The van der Waals surface area contributed by atoms with Crippen LogP contribution in [0.1, 0.15) is 11.0 Å². The van der Waals surface area contributed by atoms with E-state index < -0.39 is 6.10 Å². The molecule has 0 amide bonds. The second kappa shape index (κ2) is 3.48. The predicted molar refractivity (Wildman–Crippen MR) is 44.1 cm³/mol. The average molecular weight is 223 g/mol. The van der Waals surface area contributed by atoms with Gasteiger partial charge >= 0.3 is 0 Å². The van der Waals surface area contributed by atoms with Crippen LogP contribution in [0.15, 0.2) is 15.9 Å². The first kappa shape index (κ1) is 8.20. The van der Waals surface area contributed by atoms with E-state index in [4.69, 9.17) is 10.2 Å². The molecule has 1 aromatic heterocycles. The van der Waals surface area contributed by atoms with E-state index in [1.54, 1.807) is 6.07 Å². The molecule has 2 nitrogen and oxygen atoms in total. The van der Waals surface area contributed by atoms with Crippen LogP contribution in [-0.2, 0) is 0 Å². The lowest BCUT2D eigenvalue weighted by Gasteiger charge is -2.00. The van der Waals surface area contributed by atoms with Crippen molar-refractivity contribution in [1.82, 2.24) is 0 Å². The van der Waals surface area contributed by atoms with E-state index in [2.05, 4.69) is 15.9 Å². The number of aliphatic hydroxyl groups is 2. The van der Waals surface area contributed by atoms with Gasteiger partial charge in [0.2, 0.25) is 0 Å². The van der Waals surface area contributed by atoms with Crippen LogP contribution in [0.5, 0.6) is 0 Å². The van der Waals surface area contributed by atoms with Crippen molar-refractivity contribution in [2.24, 2.45) is 0 Å². The molecule has 1 unspecified atom stereocenters. The third kappa shape index (κ3) is 1.79. The van der Waals surface area contributed by atoms with Crippen molar-refractivity contribution in [3.8, 4) is 0 Å². The summed E-state index contributed by atoms with van der Waals surface area (Å²) < 4.78 is 0.944. The average Bonchev–Trinajstić information content (AvgIpc) is 2.34. The van der Waals surface area contributed by atoms with Gasteiger partial charge in [-0.15, -0.1) is 11.3 Å². The van der Waals surface area contributed by atoms with Gasteiger partial charge in [-0.3, -0.25) is 0 Å². The zero-order chi connectivity index (χ0) is 7.56. The Labute approximate surface area is 71.3 Å². The molecule has 0 aliphatic rings. The summed E-state index contributed by atoms with van der Waals surface area (Å²) >= 11 is 4.67. The molecular weight excluding hydrogens is 216 g/mol. The molecule has 56 valence electrons. The van der Waals surface area contributed by atoms with Crippen LogP contribution in [0.2, 0.25) is 0 Å². The fraction of sp³-hybridized carbons (Fsp3) is 0.333. The Hall–Kier alpha value is 0.1000. The minimum Gasteiger partial charge on any atom is -0.393 e. The Morgan fingerprint density at radius 3 is 2.80 bits per heavy atom. The van der Waals surface area contributed by atoms with E-state index in [1.807, 2.05) is 5.38 Å². The minimum absolute atomic E-state index is 0.215. The van der Waals surface area contributed by atoms with Gasteiger partial charge in [-0.25, -0.2) is 0 Å².